The van der Waals surface area contributed by atoms with Crippen molar-refractivity contribution in [1.82, 2.24) is 9.88 Å². The molecule has 0 aliphatic carbocycles. The van der Waals surface area contributed by atoms with Gasteiger partial charge in [-0.05, 0) is 46.4 Å². The van der Waals surface area contributed by atoms with E-state index in [4.69, 9.17) is 9.84 Å². The fraction of sp³-hybridized carbons (Fsp3) is 0.647. The second kappa shape index (κ2) is 5.88. The normalized spacial score (nSPS) is 21.5. The molecule has 5 nitrogen and oxygen atoms in total. The predicted octanol–water partition coefficient (Wildman–Crippen LogP) is 3.20. The van der Waals surface area contributed by atoms with Crippen LogP contribution in [0.3, 0.4) is 0 Å². The smallest absolute Gasteiger partial charge is 0.354 e. The van der Waals surface area contributed by atoms with Gasteiger partial charge in [-0.1, -0.05) is 6.92 Å². The molecule has 22 heavy (non-hydrogen) atoms. The zero-order valence-electron chi connectivity index (χ0n) is 14.1. The van der Waals surface area contributed by atoms with Crippen molar-refractivity contribution in [2.24, 2.45) is 0 Å². The molecule has 1 aliphatic heterocycles. The summed E-state index contributed by atoms with van der Waals surface area (Å²) < 4.78 is 6.07. The molecule has 1 fully saturated rings. The molecule has 122 valence electrons. The van der Waals surface area contributed by atoms with E-state index in [1.165, 1.54) is 12.3 Å². The van der Waals surface area contributed by atoms with Crippen molar-refractivity contribution in [2.75, 3.05) is 6.54 Å². The quantitative estimate of drug-likeness (QED) is 0.925. The van der Waals surface area contributed by atoms with Crippen LogP contribution in [0.15, 0.2) is 18.3 Å². The van der Waals surface area contributed by atoms with Crippen molar-refractivity contribution in [3.05, 3.63) is 24.0 Å². The Kier molecular flexibility index (Phi) is 4.47. The van der Waals surface area contributed by atoms with E-state index in [1.54, 1.807) is 6.07 Å². The Bertz CT molecular complexity index is 519. The number of likely N-dealkylation sites (tertiary alicyclic amines) is 1. The van der Waals surface area contributed by atoms with Gasteiger partial charge in [0.05, 0.1) is 6.20 Å². The molecule has 1 aliphatic rings. The van der Waals surface area contributed by atoms with Crippen LogP contribution in [0.2, 0.25) is 0 Å². The van der Waals surface area contributed by atoms with Crippen LogP contribution in [0.4, 0.5) is 0 Å². The van der Waals surface area contributed by atoms with Crippen LogP contribution in [0, 0.1) is 0 Å². The van der Waals surface area contributed by atoms with Crippen molar-refractivity contribution >= 4 is 5.97 Å². The SMILES string of the molecule is CCN1C(C)(C)CC(Oc2ccc(C(=O)O)nc2)CC1(C)C. The summed E-state index contributed by atoms with van der Waals surface area (Å²) in [6, 6.07) is 3.16. The minimum Gasteiger partial charge on any atom is -0.489 e. The minimum atomic E-state index is -1.02. The lowest BCUT2D eigenvalue weighted by Gasteiger charge is -2.54. The molecule has 0 aromatic carbocycles. The monoisotopic (exact) mass is 306 g/mol. The first-order valence-corrected chi connectivity index (χ1v) is 7.79. The van der Waals surface area contributed by atoms with Crippen LogP contribution in [0.25, 0.3) is 0 Å². The van der Waals surface area contributed by atoms with E-state index in [0.717, 1.165) is 19.4 Å². The first-order valence-electron chi connectivity index (χ1n) is 7.79. The summed E-state index contributed by atoms with van der Waals surface area (Å²) in [7, 11) is 0. The summed E-state index contributed by atoms with van der Waals surface area (Å²) >= 11 is 0. The highest BCUT2D eigenvalue weighted by Gasteiger charge is 2.45. The Labute approximate surface area is 132 Å². The molecule has 0 spiro atoms. The number of ether oxygens (including phenoxy) is 1. The molecule has 5 heteroatoms. The summed E-state index contributed by atoms with van der Waals surface area (Å²) in [6.45, 7) is 12.2. The van der Waals surface area contributed by atoms with E-state index >= 15 is 0 Å². The highest BCUT2D eigenvalue weighted by molar-refractivity contribution is 5.85. The highest BCUT2D eigenvalue weighted by atomic mass is 16.5. The predicted molar refractivity (Wildman–Crippen MR) is 85.4 cm³/mol. The van der Waals surface area contributed by atoms with Gasteiger partial charge in [0.25, 0.3) is 0 Å². The van der Waals surface area contributed by atoms with E-state index in [1.807, 2.05) is 0 Å². The molecule has 1 aromatic rings. The van der Waals surface area contributed by atoms with Crippen LogP contribution in [-0.4, -0.2) is 44.7 Å². The standard InChI is InChI=1S/C17H26N2O3/c1-6-19-16(2,3)9-13(10-17(19,4)5)22-12-7-8-14(15(20)21)18-11-12/h7-8,11,13H,6,9-10H2,1-5H3,(H,20,21). The van der Waals surface area contributed by atoms with Gasteiger partial charge in [0, 0.05) is 23.9 Å². The Morgan fingerprint density at radius 3 is 2.32 bits per heavy atom. The summed E-state index contributed by atoms with van der Waals surface area (Å²) in [5.41, 5.74) is 0.166. The number of hydrogen-bond donors (Lipinski definition) is 1. The number of hydrogen-bond acceptors (Lipinski definition) is 4. The fourth-order valence-electron chi connectivity index (χ4n) is 3.93. The zero-order chi connectivity index (χ0) is 16.5. The Hall–Kier alpha value is -1.62. The molecular weight excluding hydrogens is 280 g/mol. The Balaban J connectivity index is 2.12. The second-order valence-electron chi connectivity index (χ2n) is 7.20. The van der Waals surface area contributed by atoms with Crippen LogP contribution in [0.5, 0.6) is 5.75 Å². The Morgan fingerprint density at radius 1 is 1.32 bits per heavy atom. The van der Waals surface area contributed by atoms with Gasteiger partial charge >= 0.3 is 5.97 Å². The van der Waals surface area contributed by atoms with Crippen molar-refractivity contribution in [1.29, 1.82) is 0 Å². The average Bonchev–Trinajstić information content (AvgIpc) is 2.36. The number of piperidine rings is 1. The van der Waals surface area contributed by atoms with Gasteiger partial charge in [0.1, 0.15) is 17.5 Å². The topological polar surface area (TPSA) is 62.7 Å². The number of carboxylic acid groups (broad SMARTS) is 1. The highest BCUT2D eigenvalue weighted by Crippen LogP contribution is 2.39. The molecule has 0 saturated carbocycles. The number of aromatic carboxylic acids is 1. The van der Waals surface area contributed by atoms with Crippen molar-refractivity contribution < 1.29 is 14.6 Å². The van der Waals surface area contributed by atoms with Crippen molar-refractivity contribution in [3.63, 3.8) is 0 Å². The van der Waals surface area contributed by atoms with Gasteiger partial charge in [-0.3, -0.25) is 4.90 Å². The largest absolute Gasteiger partial charge is 0.489 e. The van der Waals surface area contributed by atoms with Gasteiger partial charge in [-0.15, -0.1) is 0 Å². The molecule has 2 heterocycles. The molecular formula is C17H26N2O3. The molecule has 2 rings (SSSR count). The average molecular weight is 306 g/mol. The van der Waals surface area contributed by atoms with Crippen molar-refractivity contribution in [2.45, 2.75) is 64.6 Å². The minimum absolute atomic E-state index is 0.0359. The van der Waals surface area contributed by atoms with Crippen LogP contribution < -0.4 is 4.74 Å². The molecule has 0 atom stereocenters. The molecule has 1 saturated heterocycles. The van der Waals surface area contributed by atoms with Gasteiger partial charge in [0.2, 0.25) is 0 Å². The first kappa shape index (κ1) is 16.7. The third-order valence-electron chi connectivity index (χ3n) is 4.49. The zero-order valence-corrected chi connectivity index (χ0v) is 14.1. The number of aromatic nitrogens is 1. The Morgan fingerprint density at radius 2 is 1.91 bits per heavy atom. The molecule has 0 unspecified atom stereocenters. The van der Waals surface area contributed by atoms with Gasteiger partial charge in [-0.2, -0.15) is 0 Å². The molecule has 0 radical (unpaired) electrons. The lowest BCUT2D eigenvalue weighted by Crippen LogP contribution is -2.62. The lowest BCUT2D eigenvalue weighted by atomic mass is 9.78. The molecule has 0 amide bonds. The summed E-state index contributed by atoms with van der Waals surface area (Å²) in [5, 5.41) is 8.88. The van der Waals surface area contributed by atoms with Crippen molar-refractivity contribution in [3.8, 4) is 5.75 Å². The summed E-state index contributed by atoms with van der Waals surface area (Å²) in [6.07, 6.45) is 3.47. The number of pyridine rings is 1. The summed E-state index contributed by atoms with van der Waals surface area (Å²) in [5.74, 6) is -0.392. The number of rotatable bonds is 4. The van der Waals surface area contributed by atoms with Gasteiger partial charge in [-0.25, -0.2) is 9.78 Å². The van der Waals surface area contributed by atoms with Crippen LogP contribution >= 0.6 is 0 Å². The van der Waals surface area contributed by atoms with E-state index in [0.29, 0.717) is 5.75 Å². The third-order valence-corrected chi connectivity index (χ3v) is 4.49. The fourth-order valence-corrected chi connectivity index (χ4v) is 3.93. The second-order valence-corrected chi connectivity index (χ2v) is 7.20. The molecule has 0 bridgehead atoms. The van der Waals surface area contributed by atoms with Gasteiger partial charge < -0.3 is 9.84 Å². The van der Waals surface area contributed by atoms with Gasteiger partial charge in [0.15, 0.2) is 0 Å². The van der Waals surface area contributed by atoms with Crippen LogP contribution in [0.1, 0.15) is 57.9 Å². The van der Waals surface area contributed by atoms with Crippen LogP contribution in [-0.2, 0) is 0 Å². The van der Waals surface area contributed by atoms with E-state index in [9.17, 15) is 4.79 Å². The van der Waals surface area contributed by atoms with E-state index in [2.05, 4.69) is 44.5 Å². The third kappa shape index (κ3) is 3.40. The summed E-state index contributed by atoms with van der Waals surface area (Å²) in [4.78, 5) is 17.3. The first-order chi connectivity index (χ1) is 10.2. The maximum absolute atomic E-state index is 10.8. The molecule has 1 N–H and O–H groups in total. The number of nitrogens with zero attached hydrogens (tertiary/aromatic N) is 2. The van der Waals surface area contributed by atoms with E-state index in [-0.39, 0.29) is 22.9 Å². The lowest BCUT2D eigenvalue weighted by molar-refractivity contribution is -0.0697. The number of carbonyl (C=O) groups is 1. The maximum Gasteiger partial charge on any atom is 0.354 e. The maximum atomic E-state index is 10.8. The molecule has 1 aromatic heterocycles. The van der Waals surface area contributed by atoms with E-state index < -0.39 is 5.97 Å². The number of carboxylic acids is 1.